The highest BCUT2D eigenvalue weighted by atomic mass is 79.9. The number of aliphatic hydroxyl groups is 1. The number of hydrogen-bond acceptors (Lipinski definition) is 3. The minimum atomic E-state index is -0.739. The van der Waals surface area contributed by atoms with Crippen LogP contribution >= 0.6 is 15.9 Å². The van der Waals surface area contributed by atoms with Gasteiger partial charge in [-0.2, -0.15) is 0 Å². The summed E-state index contributed by atoms with van der Waals surface area (Å²) in [5.41, 5.74) is -0.625. The lowest BCUT2D eigenvalue weighted by molar-refractivity contribution is -0.126. The van der Waals surface area contributed by atoms with E-state index in [9.17, 15) is 9.90 Å². The molecule has 1 N–H and O–H groups in total. The molecule has 1 aliphatic rings. The standard InChI is InChI=1S/C9H15BrO3/c1-6(5-11)8(12)9(2)7(10)3-4-13-9/h5-8,12H,3-4H2,1-2H3/t6-,7+,8+,9+/m0/s1. The van der Waals surface area contributed by atoms with E-state index in [1.54, 1.807) is 6.92 Å². The normalized spacial score (nSPS) is 38.6. The summed E-state index contributed by atoms with van der Waals surface area (Å²) in [7, 11) is 0. The lowest BCUT2D eigenvalue weighted by Gasteiger charge is -2.34. The third-order valence-electron chi connectivity index (χ3n) is 2.71. The van der Waals surface area contributed by atoms with Gasteiger partial charge in [0.2, 0.25) is 0 Å². The van der Waals surface area contributed by atoms with Crippen LogP contribution in [0.2, 0.25) is 0 Å². The SMILES string of the molecule is C[C@@H](C=O)[C@@H](O)[C@]1(C)OCC[C@H]1Br. The summed E-state index contributed by atoms with van der Waals surface area (Å²) in [4.78, 5) is 10.6. The summed E-state index contributed by atoms with van der Waals surface area (Å²) in [5, 5.41) is 9.86. The first-order chi connectivity index (χ1) is 6.02. The van der Waals surface area contributed by atoms with E-state index in [1.807, 2.05) is 6.92 Å². The second-order valence-corrected chi connectivity index (χ2v) is 4.83. The minimum absolute atomic E-state index is 0.123. The molecule has 0 aromatic heterocycles. The Morgan fingerprint density at radius 2 is 2.38 bits per heavy atom. The van der Waals surface area contributed by atoms with Crippen LogP contribution in [-0.2, 0) is 9.53 Å². The van der Waals surface area contributed by atoms with Crippen molar-refractivity contribution in [1.82, 2.24) is 0 Å². The highest BCUT2D eigenvalue weighted by Gasteiger charge is 2.46. The topological polar surface area (TPSA) is 46.5 Å². The van der Waals surface area contributed by atoms with E-state index in [4.69, 9.17) is 4.74 Å². The van der Waals surface area contributed by atoms with Crippen molar-refractivity contribution in [3.8, 4) is 0 Å². The van der Waals surface area contributed by atoms with Crippen LogP contribution in [0.1, 0.15) is 20.3 Å². The van der Waals surface area contributed by atoms with Gasteiger partial charge in [-0.05, 0) is 13.3 Å². The van der Waals surface area contributed by atoms with Crippen LogP contribution in [0.15, 0.2) is 0 Å². The predicted octanol–water partition coefficient (Wildman–Crippen LogP) is 1.12. The third-order valence-corrected chi connectivity index (χ3v) is 4.07. The maximum atomic E-state index is 10.5. The van der Waals surface area contributed by atoms with Crippen molar-refractivity contribution in [2.45, 2.75) is 36.8 Å². The molecule has 1 heterocycles. The highest BCUT2D eigenvalue weighted by molar-refractivity contribution is 9.09. The third kappa shape index (κ3) is 1.95. The van der Waals surface area contributed by atoms with Crippen LogP contribution in [-0.4, -0.2) is 34.5 Å². The molecule has 1 rings (SSSR count). The van der Waals surface area contributed by atoms with Crippen LogP contribution in [0.4, 0.5) is 0 Å². The fourth-order valence-corrected chi connectivity index (χ4v) is 2.22. The van der Waals surface area contributed by atoms with Crippen LogP contribution in [0.25, 0.3) is 0 Å². The molecular weight excluding hydrogens is 236 g/mol. The summed E-state index contributed by atoms with van der Waals surface area (Å²) in [5.74, 6) is -0.386. The Balaban J connectivity index is 2.73. The Bertz CT molecular complexity index is 197. The molecule has 0 bridgehead atoms. The van der Waals surface area contributed by atoms with E-state index < -0.39 is 11.7 Å². The number of aldehydes is 1. The van der Waals surface area contributed by atoms with Gasteiger partial charge in [0.05, 0.1) is 6.10 Å². The van der Waals surface area contributed by atoms with Crippen molar-refractivity contribution in [2.24, 2.45) is 5.92 Å². The molecular formula is C9H15BrO3. The monoisotopic (exact) mass is 250 g/mol. The van der Waals surface area contributed by atoms with E-state index in [-0.39, 0.29) is 10.7 Å². The quantitative estimate of drug-likeness (QED) is 0.604. The molecule has 0 saturated carbocycles. The van der Waals surface area contributed by atoms with Crippen LogP contribution in [0.3, 0.4) is 0 Å². The van der Waals surface area contributed by atoms with Crippen molar-refractivity contribution in [2.75, 3.05) is 6.61 Å². The fraction of sp³-hybridized carbons (Fsp3) is 0.889. The number of carbonyl (C=O) groups is 1. The first kappa shape index (κ1) is 11.1. The lowest BCUT2D eigenvalue weighted by atomic mass is 9.88. The van der Waals surface area contributed by atoms with Gasteiger partial charge in [-0.3, -0.25) is 0 Å². The number of rotatable bonds is 3. The largest absolute Gasteiger partial charge is 0.389 e. The molecule has 76 valence electrons. The van der Waals surface area contributed by atoms with E-state index in [0.717, 1.165) is 12.7 Å². The fourth-order valence-electron chi connectivity index (χ4n) is 1.63. The Labute approximate surface area is 86.6 Å². The summed E-state index contributed by atoms with van der Waals surface area (Å²) in [6.45, 7) is 4.17. The molecule has 1 saturated heterocycles. The molecule has 1 fully saturated rings. The van der Waals surface area contributed by atoms with Gasteiger partial charge in [0.1, 0.15) is 11.9 Å². The molecule has 0 amide bonds. The van der Waals surface area contributed by atoms with Crippen molar-refractivity contribution in [1.29, 1.82) is 0 Å². The average molecular weight is 251 g/mol. The summed E-state index contributed by atoms with van der Waals surface area (Å²) in [6.07, 6.45) is 0.896. The van der Waals surface area contributed by atoms with Crippen LogP contribution < -0.4 is 0 Å². The Morgan fingerprint density at radius 3 is 2.77 bits per heavy atom. The zero-order valence-electron chi connectivity index (χ0n) is 7.87. The number of alkyl halides is 1. The van der Waals surface area contributed by atoms with E-state index in [0.29, 0.717) is 6.61 Å². The van der Waals surface area contributed by atoms with Crippen LogP contribution in [0, 0.1) is 5.92 Å². The molecule has 4 atom stereocenters. The summed E-state index contributed by atoms with van der Waals surface area (Å²) >= 11 is 3.46. The molecule has 0 radical (unpaired) electrons. The van der Waals surface area contributed by atoms with E-state index in [2.05, 4.69) is 15.9 Å². The number of aliphatic hydroxyl groups excluding tert-OH is 1. The Kier molecular flexibility index (Phi) is 3.49. The number of ether oxygens (including phenoxy) is 1. The zero-order valence-corrected chi connectivity index (χ0v) is 9.45. The molecule has 0 aromatic carbocycles. The molecule has 0 aromatic rings. The van der Waals surface area contributed by atoms with Crippen LogP contribution in [0.5, 0.6) is 0 Å². The lowest BCUT2D eigenvalue weighted by Crippen LogP contribution is -2.48. The first-order valence-electron chi connectivity index (χ1n) is 4.43. The predicted molar refractivity (Wildman–Crippen MR) is 52.9 cm³/mol. The van der Waals surface area contributed by atoms with Gasteiger partial charge in [0.25, 0.3) is 0 Å². The molecule has 0 aliphatic carbocycles. The molecule has 0 unspecified atom stereocenters. The molecule has 3 nitrogen and oxygen atoms in total. The van der Waals surface area contributed by atoms with Crippen molar-refractivity contribution in [3.05, 3.63) is 0 Å². The Morgan fingerprint density at radius 1 is 1.77 bits per heavy atom. The van der Waals surface area contributed by atoms with Gasteiger partial charge in [-0.25, -0.2) is 0 Å². The van der Waals surface area contributed by atoms with E-state index >= 15 is 0 Å². The maximum absolute atomic E-state index is 10.5. The number of halogens is 1. The summed E-state index contributed by atoms with van der Waals surface area (Å²) in [6, 6.07) is 0. The van der Waals surface area contributed by atoms with E-state index in [1.165, 1.54) is 0 Å². The average Bonchev–Trinajstić information content (AvgIpc) is 2.46. The number of hydrogen-bond donors (Lipinski definition) is 1. The van der Waals surface area contributed by atoms with Crippen molar-refractivity contribution < 1.29 is 14.6 Å². The highest BCUT2D eigenvalue weighted by Crippen LogP contribution is 2.36. The first-order valence-corrected chi connectivity index (χ1v) is 5.35. The molecule has 4 heteroatoms. The zero-order chi connectivity index (χ0) is 10.1. The van der Waals surface area contributed by atoms with Gasteiger partial charge in [-0.15, -0.1) is 0 Å². The van der Waals surface area contributed by atoms with Crippen molar-refractivity contribution >= 4 is 22.2 Å². The molecule has 13 heavy (non-hydrogen) atoms. The number of carbonyl (C=O) groups excluding carboxylic acids is 1. The van der Waals surface area contributed by atoms with Crippen molar-refractivity contribution in [3.63, 3.8) is 0 Å². The molecule has 0 spiro atoms. The molecule has 1 aliphatic heterocycles. The van der Waals surface area contributed by atoms with Gasteiger partial charge < -0.3 is 14.6 Å². The second-order valence-electron chi connectivity index (χ2n) is 3.73. The van der Waals surface area contributed by atoms with Gasteiger partial charge in [0, 0.05) is 17.4 Å². The van der Waals surface area contributed by atoms with Gasteiger partial charge >= 0.3 is 0 Å². The Hall–Kier alpha value is 0.0700. The minimum Gasteiger partial charge on any atom is -0.389 e. The maximum Gasteiger partial charge on any atom is 0.125 e. The second kappa shape index (κ2) is 4.07. The van der Waals surface area contributed by atoms with Gasteiger partial charge in [-0.1, -0.05) is 22.9 Å². The summed E-state index contributed by atoms with van der Waals surface area (Å²) < 4.78 is 5.48. The van der Waals surface area contributed by atoms with Gasteiger partial charge in [0.15, 0.2) is 0 Å². The smallest absolute Gasteiger partial charge is 0.125 e.